The second-order valence-electron chi connectivity index (χ2n) is 6.15. The van der Waals surface area contributed by atoms with Gasteiger partial charge in [0.1, 0.15) is 0 Å². The fourth-order valence-electron chi connectivity index (χ4n) is 3.07. The van der Waals surface area contributed by atoms with Gasteiger partial charge in [-0.15, -0.1) is 24.0 Å². The van der Waals surface area contributed by atoms with E-state index in [-0.39, 0.29) is 24.0 Å². The Bertz CT molecular complexity index is 691. The summed E-state index contributed by atoms with van der Waals surface area (Å²) >= 11 is 3.64. The van der Waals surface area contributed by atoms with Crippen molar-refractivity contribution in [2.24, 2.45) is 4.99 Å². The van der Waals surface area contributed by atoms with E-state index in [1.54, 1.807) is 0 Å². The zero-order chi connectivity index (χ0) is 17.5. The molecule has 1 saturated heterocycles. The molecule has 0 saturated carbocycles. The van der Waals surface area contributed by atoms with Crippen molar-refractivity contribution < 1.29 is 0 Å². The van der Waals surface area contributed by atoms with Crippen molar-refractivity contribution in [1.82, 2.24) is 20.4 Å². The van der Waals surface area contributed by atoms with Crippen LogP contribution in [0.25, 0.3) is 0 Å². The zero-order valence-corrected chi connectivity index (χ0v) is 18.9. The molecule has 6 nitrogen and oxygen atoms in total. The quantitative estimate of drug-likeness (QED) is 0.260. The molecule has 1 fully saturated rings. The Labute approximate surface area is 180 Å². The maximum atomic E-state index is 4.35. The molecule has 1 aromatic heterocycles. The molecule has 0 bridgehead atoms. The average molecular weight is 533 g/mol. The minimum atomic E-state index is 0. The molecule has 1 aliphatic heterocycles. The van der Waals surface area contributed by atoms with Gasteiger partial charge in [-0.1, -0.05) is 12.1 Å². The molecule has 2 N–H and O–H groups in total. The molecule has 2 aromatic rings. The van der Waals surface area contributed by atoms with Crippen molar-refractivity contribution in [1.29, 1.82) is 0 Å². The number of nitrogens with one attached hydrogen (secondary N) is 2. The fourth-order valence-corrected chi connectivity index (χ4v) is 3.61. The van der Waals surface area contributed by atoms with Gasteiger partial charge in [-0.25, -0.2) is 0 Å². The molecule has 1 unspecified atom stereocenters. The lowest BCUT2D eigenvalue weighted by Gasteiger charge is -2.21. The van der Waals surface area contributed by atoms with E-state index in [4.69, 9.17) is 0 Å². The molecule has 3 rings (SSSR count). The van der Waals surface area contributed by atoms with Gasteiger partial charge in [-0.2, -0.15) is 5.10 Å². The molecule has 8 heteroatoms. The van der Waals surface area contributed by atoms with Crippen molar-refractivity contribution >= 4 is 51.6 Å². The summed E-state index contributed by atoms with van der Waals surface area (Å²) in [6.07, 6.45) is 5.91. The standard InChI is InChI=1S/C18H25BrN6.HI/c1-20-18(21-9-4-11-25-12-5-10-22-25)23-15-8-13-24(14-15)17-7-3-2-6-16(17)19;/h2-3,5-7,10,12,15H,4,8-9,11,13-14H2,1H3,(H2,20,21,23);1H. The van der Waals surface area contributed by atoms with E-state index in [9.17, 15) is 0 Å². The highest BCUT2D eigenvalue weighted by Gasteiger charge is 2.24. The maximum absolute atomic E-state index is 4.35. The van der Waals surface area contributed by atoms with E-state index in [0.29, 0.717) is 6.04 Å². The number of aryl methyl sites for hydroxylation is 1. The van der Waals surface area contributed by atoms with E-state index in [2.05, 4.69) is 65.8 Å². The number of aromatic nitrogens is 2. The summed E-state index contributed by atoms with van der Waals surface area (Å²) in [5.74, 6) is 0.874. The highest BCUT2D eigenvalue weighted by Crippen LogP contribution is 2.28. The first kappa shape index (κ1) is 21.0. The topological polar surface area (TPSA) is 57.5 Å². The molecule has 1 aromatic carbocycles. The van der Waals surface area contributed by atoms with Gasteiger partial charge in [0.25, 0.3) is 0 Å². The summed E-state index contributed by atoms with van der Waals surface area (Å²) in [6.45, 7) is 3.82. The van der Waals surface area contributed by atoms with Crippen LogP contribution in [0.5, 0.6) is 0 Å². The Morgan fingerprint density at radius 2 is 2.19 bits per heavy atom. The third-order valence-electron chi connectivity index (χ3n) is 4.36. The number of halogens is 2. The Morgan fingerprint density at radius 1 is 1.35 bits per heavy atom. The molecule has 0 aliphatic carbocycles. The van der Waals surface area contributed by atoms with E-state index < -0.39 is 0 Å². The van der Waals surface area contributed by atoms with Gasteiger partial charge in [-0.3, -0.25) is 9.67 Å². The predicted octanol–water partition coefficient (Wildman–Crippen LogP) is 3.10. The summed E-state index contributed by atoms with van der Waals surface area (Å²) in [5, 5.41) is 11.1. The molecule has 0 spiro atoms. The average Bonchev–Trinajstić information content (AvgIpc) is 3.30. The minimum Gasteiger partial charge on any atom is -0.368 e. The monoisotopic (exact) mass is 532 g/mol. The lowest BCUT2D eigenvalue weighted by Crippen LogP contribution is -2.45. The number of benzene rings is 1. The van der Waals surface area contributed by atoms with Crippen LogP contribution in [0, 0.1) is 0 Å². The summed E-state index contributed by atoms with van der Waals surface area (Å²) in [6, 6.07) is 10.7. The van der Waals surface area contributed by atoms with Crippen LogP contribution >= 0.6 is 39.9 Å². The number of guanidine groups is 1. The van der Waals surface area contributed by atoms with Crippen LogP contribution in [0.3, 0.4) is 0 Å². The van der Waals surface area contributed by atoms with Crippen molar-refractivity contribution in [3.05, 3.63) is 47.2 Å². The molecule has 1 aliphatic rings. The molecule has 2 heterocycles. The van der Waals surface area contributed by atoms with Gasteiger partial charge in [0.2, 0.25) is 0 Å². The van der Waals surface area contributed by atoms with Crippen LogP contribution in [-0.4, -0.2) is 48.5 Å². The third kappa shape index (κ3) is 5.87. The predicted molar refractivity (Wildman–Crippen MR) is 122 cm³/mol. The van der Waals surface area contributed by atoms with Gasteiger partial charge in [-0.05, 0) is 47.0 Å². The maximum Gasteiger partial charge on any atom is 0.191 e. The third-order valence-corrected chi connectivity index (χ3v) is 5.03. The first-order chi connectivity index (χ1) is 12.3. The highest BCUT2D eigenvalue weighted by molar-refractivity contribution is 14.0. The summed E-state index contributed by atoms with van der Waals surface area (Å²) in [5.41, 5.74) is 1.26. The number of hydrogen-bond acceptors (Lipinski definition) is 3. The molecule has 0 amide bonds. The second-order valence-corrected chi connectivity index (χ2v) is 7.00. The largest absolute Gasteiger partial charge is 0.368 e. The molecule has 142 valence electrons. The fraction of sp³-hybridized carbons (Fsp3) is 0.444. The number of anilines is 1. The van der Waals surface area contributed by atoms with Gasteiger partial charge >= 0.3 is 0 Å². The Hall–Kier alpha value is -1.29. The lowest BCUT2D eigenvalue weighted by molar-refractivity contribution is 0.566. The van der Waals surface area contributed by atoms with Crippen molar-refractivity contribution in [3.8, 4) is 0 Å². The van der Waals surface area contributed by atoms with Gasteiger partial charge < -0.3 is 15.5 Å². The Morgan fingerprint density at radius 3 is 2.92 bits per heavy atom. The lowest BCUT2D eigenvalue weighted by atomic mass is 10.2. The van der Waals surface area contributed by atoms with Gasteiger partial charge in [0.05, 0.1) is 5.69 Å². The second kappa shape index (κ2) is 10.8. The first-order valence-corrected chi connectivity index (χ1v) is 9.49. The zero-order valence-electron chi connectivity index (χ0n) is 14.9. The van der Waals surface area contributed by atoms with Crippen molar-refractivity contribution in [2.75, 3.05) is 31.6 Å². The number of rotatable bonds is 6. The molecule has 26 heavy (non-hydrogen) atoms. The van der Waals surface area contributed by atoms with Crippen LogP contribution in [-0.2, 0) is 6.54 Å². The SMILES string of the molecule is CN=C(NCCCn1cccn1)NC1CCN(c2ccccc2Br)C1.I. The number of hydrogen-bond donors (Lipinski definition) is 2. The van der Waals surface area contributed by atoms with Crippen LogP contribution in [0.1, 0.15) is 12.8 Å². The Balaban J connectivity index is 0.00000243. The number of nitrogens with zero attached hydrogens (tertiary/aromatic N) is 4. The molecule has 1 atom stereocenters. The van der Waals surface area contributed by atoms with E-state index >= 15 is 0 Å². The first-order valence-electron chi connectivity index (χ1n) is 8.70. The van der Waals surface area contributed by atoms with Crippen LogP contribution < -0.4 is 15.5 Å². The van der Waals surface area contributed by atoms with Gasteiger partial charge in [0, 0.05) is 56.1 Å². The summed E-state index contributed by atoms with van der Waals surface area (Å²) in [7, 11) is 1.82. The Kier molecular flexibility index (Phi) is 8.70. The molecular formula is C18H26BrIN6. The van der Waals surface area contributed by atoms with Crippen molar-refractivity contribution in [2.45, 2.75) is 25.4 Å². The minimum absolute atomic E-state index is 0. The normalized spacial score (nSPS) is 17.1. The van der Waals surface area contributed by atoms with Crippen LogP contribution in [0.2, 0.25) is 0 Å². The highest BCUT2D eigenvalue weighted by atomic mass is 127. The van der Waals surface area contributed by atoms with Crippen LogP contribution in [0.4, 0.5) is 5.69 Å². The van der Waals surface area contributed by atoms with E-state index in [1.165, 1.54) is 5.69 Å². The van der Waals surface area contributed by atoms with E-state index in [1.807, 2.05) is 30.2 Å². The number of para-hydroxylation sites is 1. The number of aliphatic imine (C=N–C) groups is 1. The molecular weight excluding hydrogens is 507 g/mol. The summed E-state index contributed by atoms with van der Waals surface area (Å²) < 4.78 is 3.10. The smallest absolute Gasteiger partial charge is 0.191 e. The van der Waals surface area contributed by atoms with E-state index in [0.717, 1.165) is 49.5 Å². The van der Waals surface area contributed by atoms with Crippen molar-refractivity contribution in [3.63, 3.8) is 0 Å². The van der Waals surface area contributed by atoms with Crippen LogP contribution in [0.15, 0.2) is 52.2 Å². The molecule has 0 radical (unpaired) electrons. The van der Waals surface area contributed by atoms with Gasteiger partial charge in [0.15, 0.2) is 5.96 Å². The summed E-state index contributed by atoms with van der Waals surface area (Å²) in [4.78, 5) is 6.76.